The Morgan fingerprint density at radius 2 is 1.92 bits per heavy atom. The first kappa shape index (κ1) is 14.3. The van der Waals surface area contributed by atoms with Gasteiger partial charge in [0.1, 0.15) is 5.82 Å². The molecular formula is C18H16N6. The minimum absolute atomic E-state index is 0.627. The second-order valence-electron chi connectivity index (χ2n) is 5.55. The molecule has 4 rings (SSSR count). The number of rotatable bonds is 4. The van der Waals surface area contributed by atoms with Crippen LogP contribution in [0, 0.1) is 6.92 Å². The Bertz CT molecular complexity index is 941. The maximum absolute atomic E-state index is 4.76. The van der Waals surface area contributed by atoms with Gasteiger partial charge in [0.2, 0.25) is 0 Å². The predicted molar refractivity (Wildman–Crippen MR) is 90.7 cm³/mol. The van der Waals surface area contributed by atoms with Crippen molar-refractivity contribution in [1.29, 1.82) is 0 Å². The lowest BCUT2D eigenvalue weighted by Gasteiger charge is -2.07. The van der Waals surface area contributed by atoms with E-state index in [9.17, 15) is 0 Å². The third-order valence-corrected chi connectivity index (χ3v) is 3.83. The van der Waals surface area contributed by atoms with Crippen molar-refractivity contribution >= 4 is 0 Å². The van der Waals surface area contributed by atoms with Gasteiger partial charge in [-0.25, -0.2) is 14.6 Å². The molecule has 0 spiro atoms. The van der Waals surface area contributed by atoms with Crippen molar-refractivity contribution in [3.05, 3.63) is 78.4 Å². The average molecular weight is 316 g/mol. The summed E-state index contributed by atoms with van der Waals surface area (Å²) in [4.78, 5) is 16.1. The van der Waals surface area contributed by atoms with Gasteiger partial charge in [-0.15, -0.1) is 5.10 Å². The van der Waals surface area contributed by atoms with Gasteiger partial charge < -0.3 is 4.98 Å². The summed E-state index contributed by atoms with van der Waals surface area (Å²) in [5.41, 5.74) is 4.02. The monoisotopic (exact) mass is 316 g/mol. The fraction of sp³-hybridized carbons (Fsp3) is 0.111. The highest BCUT2D eigenvalue weighted by Gasteiger charge is 2.15. The highest BCUT2D eigenvalue weighted by atomic mass is 15.4. The number of H-pyrrole nitrogens is 1. The summed E-state index contributed by atoms with van der Waals surface area (Å²) >= 11 is 0. The molecular weight excluding hydrogens is 300 g/mol. The molecule has 0 unspecified atom stereocenters. The molecule has 3 aromatic heterocycles. The summed E-state index contributed by atoms with van der Waals surface area (Å²) in [7, 11) is 0. The first-order valence-electron chi connectivity index (χ1n) is 7.71. The largest absolute Gasteiger partial charge is 0.348 e. The minimum atomic E-state index is 0.627. The Morgan fingerprint density at radius 3 is 2.67 bits per heavy atom. The summed E-state index contributed by atoms with van der Waals surface area (Å²) in [5, 5.41) is 4.74. The van der Waals surface area contributed by atoms with Gasteiger partial charge >= 0.3 is 0 Å². The van der Waals surface area contributed by atoms with Gasteiger partial charge in [-0.05, 0) is 18.6 Å². The standard InChI is InChI=1S/C18H16N6/c1-13-10-19-8-7-16(13)24-17(9-15-11-20-12-21-15)22-18(23-24)14-5-3-2-4-6-14/h2-8,10-12H,9H2,1H3,(H,20,21). The van der Waals surface area contributed by atoms with Crippen LogP contribution in [0.4, 0.5) is 0 Å². The topological polar surface area (TPSA) is 72.3 Å². The summed E-state index contributed by atoms with van der Waals surface area (Å²) in [6, 6.07) is 11.9. The van der Waals surface area contributed by atoms with Crippen LogP contribution in [0.5, 0.6) is 0 Å². The van der Waals surface area contributed by atoms with Gasteiger partial charge in [0, 0.05) is 36.3 Å². The molecule has 0 aliphatic heterocycles. The molecule has 6 heteroatoms. The Balaban J connectivity index is 1.84. The molecule has 1 aromatic carbocycles. The highest BCUT2D eigenvalue weighted by Crippen LogP contribution is 2.21. The van der Waals surface area contributed by atoms with Crippen LogP contribution in [0.1, 0.15) is 17.1 Å². The van der Waals surface area contributed by atoms with Crippen LogP contribution in [-0.4, -0.2) is 29.7 Å². The number of hydrogen-bond donors (Lipinski definition) is 1. The predicted octanol–water partition coefficient (Wildman–Crippen LogP) is 2.95. The van der Waals surface area contributed by atoms with Gasteiger partial charge in [-0.3, -0.25) is 4.98 Å². The second kappa shape index (κ2) is 6.08. The summed E-state index contributed by atoms with van der Waals surface area (Å²) < 4.78 is 1.89. The zero-order chi connectivity index (χ0) is 16.4. The van der Waals surface area contributed by atoms with Crippen molar-refractivity contribution in [3.63, 3.8) is 0 Å². The number of hydrogen-bond acceptors (Lipinski definition) is 4. The first-order valence-corrected chi connectivity index (χ1v) is 7.71. The molecule has 0 aliphatic carbocycles. The lowest BCUT2D eigenvalue weighted by Crippen LogP contribution is -2.06. The number of aryl methyl sites for hydroxylation is 1. The molecule has 118 valence electrons. The Kier molecular flexibility index (Phi) is 3.63. The van der Waals surface area contributed by atoms with Crippen molar-refractivity contribution in [3.8, 4) is 17.1 Å². The van der Waals surface area contributed by atoms with Crippen molar-refractivity contribution < 1.29 is 0 Å². The Labute approximate surface area is 139 Å². The number of imidazole rings is 1. The minimum Gasteiger partial charge on any atom is -0.348 e. The Morgan fingerprint density at radius 1 is 1.04 bits per heavy atom. The summed E-state index contributed by atoms with van der Waals surface area (Å²) in [6.07, 6.45) is 7.71. The molecule has 0 amide bonds. The van der Waals surface area contributed by atoms with Gasteiger partial charge in [0.15, 0.2) is 5.82 Å². The van der Waals surface area contributed by atoms with Crippen LogP contribution in [0.15, 0.2) is 61.3 Å². The number of nitrogens with zero attached hydrogens (tertiary/aromatic N) is 5. The number of benzene rings is 1. The fourth-order valence-electron chi connectivity index (χ4n) is 2.62. The smallest absolute Gasteiger partial charge is 0.181 e. The Hall–Kier alpha value is -3.28. The van der Waals surface area contributed by atoms with Crippen LogP contribution >= 0.6 is 0 Å². The molecule has 0 radical (unpaired) electrons. The van der Waals surface area contributed by atoms with E-state index in [-0.39, 0.29) is 0 Å². The van der Waals surface area contributed by atoms with Crippen molar-refractivity contribution in [2.45, 2.75) is 13.3 Å². The normalized spacial score (nSPS) is 10.9. The zero-order valence-electron chi connectivity index (χ0n) is 13.2. The number of nitrogens with one attached hydrogen (secondary N) is 1. The van der Waals surface area contributed by atoms with E-state index < -0.39 is 0 Å². The zero-order valence-corrected chi connectivity index (χ0v) is 13.2. The molecule has 24 heavy (non-hydrogen) atoms. The van der Waals surface area contributed by atoms with E-state index in [1.165, 1.54) is 0 Å². The molecule has 1 N–H and O–H groups in total. The van der Waals surface area contributed by atoms with E-state index in [0.29, 0.717) is 12.2 Å². The van der Waals surface area contributed by atoms with Crippen LogP contribution in [0.3, 0.4) is 0 Å². The van der Waals surface area contributed by atoms with Crippen molar-refractivity contribution in [2.24, 2.45) is 0 Å². The summed E-state index contributed by atoms with van der Waals surface area (Å²) in [5.74, 6) is 1.56. The van der Waals surface area contributed by atoms with E-state index >= 15 is 0 Å². The molecule has 0 aliphatic rings. The van der Waals surface area contributed by atoms with Crippen LogP contribution in [0.2, 0.25) is 0 Å². The van der Waals surface area contributed by atoms with E-state index in [1.807, 2.05) is 54.2 Å². The SMILES string of the molecule is Cc1cnccc1-n1nc(-c2ccccc2)nc1Cc1cnc[nH]1. The molecule has 0 atom stereocenters. The number of aromatic nitrogens is 6. The second-order valence-corrected chi connectivity index (χ2v) is 5.55. The van der Waals surface area contributed by atoms with Gasteiger partial charge in [-0.2, -0.15) is 0 Å². The fourth-order valence-corrected chi connectivity index (χ4v) is 2.62. The third-order valence-electron chi connectivity index (χ3n) is 3.83. The van der Waals surface area contributed by atoms with Crippen molar-refractivity contribution in [2.75, 3.05) is 0 Å². The van der Waals surface area contributed by atoms with Crippen LogP contribution in [-0.2, 0) is 6.42 Å². The van der Waals surface area contributed by atoms with Crippen LogP contribution in [0.25, 0.3) is 17.1 Å². The van der Waals surface area contributed by atoms with Gasteiger partial charge in [-0.1, -0.05) is 30.3 Å². The average Bonchev–Trinajstić information content (AvgIpc) is 3.27. The van der Waals surface area contributed by atoms with E-state index in [0.717, 1.165) is 28.3 Å². The quantitative estimate of drug-likeness (QED) is 0.628. The molecule has 3 heterocycles. The van der Waals surface area contributed by atoms with Gasteiger partial charge in [0.25, 0.3) is 0 Å². The summed E-state index contributed by atoms with van der Waals surface area (Å²) in [6.45, 7) is 2.02. The maximum atomic E-state index is 4.76. The maximum Gasteiger partial charge on any atom is 0.181 e. The highest BCUT2D eigenvalue weighted by molar-refractivity contribution is 5.55. The van der Waals surface area contributed by atoms with E-state index in [4.69, 9.17) is 10.1 Å². The lowest BCUT2D eigenvalue weighted by atomic mass is 10.2. The van der Waals surface area contributed by atoms with Crippen LogP contribution < -0.4 is 0 Å². The number of pyridine rings is 1. The molecule has 0 fully saturated rings. The lowest BCUT2D eigenvalue weighted by molar-refractivity contribution is 0.800. The number of aromatic amines is 1. The van der Waals surface area contributed by atoms with Crippen molar-refractivity contribution in [1.82, 2.24) is 29.7 Å². The molecule has 4 aromatic rings. The molecule has 0 saturated carbocycles. The van der Waals surface area contributed by atoms with Gasteiger partial charge in [0.05, 0.1) is 12.0 Å². The first-order chi connectivity index (χ1) is 11.8. The van der Waals surface area contributed by atoms with E-state index in [1.54, 1.807) is 18.7 Å². The molecule has 0 bridgehead atoms. The molecule has 6 nitrogen and oxygen atoms in total. The molecule has 0 saturated heterocycles. The third kappa shape index (κ3) is 2.69. The van der Waals surface area contributed by atoms with E-state index in [2.05, 4.69) is 15.0 Å².